The van der Waals surface area contributed by atoms with Gasteiger partial charge in [-0.25, -0.2) is 9.78 Å². The standard InChI is InChI=1S/C26H30N4O4/c1-15(2)13-30-23-22(24(31)28-26(30)33)20(12-21(27-23)17-6-7-17)25(32)29(18-8-9-18)14-16-4-10-19(34-3)11-5-16/h4-5,10-12,15,17-18H,6-9,13-14H2,1-3H3,(H,28,31,33). The molecule has 178 valence electrons. The lowest BCUT2D eigenvalue weighted by molar-refractivity contribution is 0.0731. The minimum atomic E-state index is -0.557. The van der Waals surface area contributed by atoms with Crippen molar-refractivity contribution < 1.29 is 9.53 Å². The van der Waals surface area contributed by atoms with Gasteiger partial charge < -0.3 is 9.64 Å². The second-order valence-corrected chi connectivity index (χ2v) is 9.84. The summed E-state index contributed by atoms with van der Waals surface area (Å²) in [6.45, 7) is 4.87. The van der Waals surface area contributed by atoms with Crippen molar-refractivity contribution in [2.75, 3.05) is 7.11 Å². The third kappa shape index (κ3) is 4.36. The molecule has 0 bridgehead atoms. The zero-order chi connectivity index (χ0) is 24.0. The van der Waals surface area contributed by atoms with Gasteiger partial charge in [-0.15, -0.1) is 0 Å². The molecular formula is C26H30N4O4. The van der Waals surface area contributed by atoms with Gasteiger partial charge in [0.15, 0.2) is 5.65 Å². The topological polar surface area (TPSA) is 97.3 Å². The van der Waals surface area contributed by atoms with Crippen LogP contribution in [0.15, 0.2) is 39.9 Å². The number of hydrogen-bond donors (Lipinski definition) is 1. The molecule has 2 fully saturated rings. The Morgan fingerprint density at radius 3 is 2.47 bits per heavy atom. The number of aromatic nitrogens is 3. The van der Waals surface area contributed by atoms with Crippen molar-refractivity contribution >= 4 is 16.9 Å². The summed E-state index contributed by atoms with van der Waals surface area (Å²) in [5.41, 5.74) is 1.40. The molecule has 8 heteroatoms. The summed E-state index contributed by atoms with van der Waals surface area (Å²) in [5.74, 6) is 1.02. The Morgan fingerprint density at radius 2 is 1.88 bits per heavy atom. The number of nitrogens with zero attached hydrogens (tertiary/aromatic N) is 3. The quantitative estimate of drug-likeness (QED) is 0.553. The van der Waals surface area contributed by atoms with Crippen molar-refractivity contribution in [1.29, 1.82) is 0 Å². The maximum atomic E-state index is 14.0. The van der Waals surface area contributed by atoms with Crippen LogP contribution in [0.3, 0.4) is 0 Å². The first-order valence-electron chi connectivity index (χ1n) is 12.0. The van der Waals surface area contributed by atoms with E-state index in [1.165, 1.54) is 4.57 Å². The average molecular weight is 463 g/mol. The maximum absolute atomic E-state index is 14.0. The molecule has 2 aliphatic carbocycles. The summed E-state index contributed by atoms with van der Waals surface area (Å²) < 4.78 is 6.76. The number of fused-ring (bicyclic) bond motifs is 1. The number of amides is 1. The average Bonchev–Trinajstić information content (AvgIpc) is 3.72. The van der Waals surface area contributed by atoms with Crippen LogP contribution in [0, 0.1) is 5.92 Å². The first-order chi connectivity index (χ1) is 16.4. The van der Waals surface area contributed by atoms with Gasteiger partial charge in [0, 0.05) is 30.7 Å². The van der Waals surface area contributed by atoms with Gasteiger partial charge >= 0.3 is 5.69 Å². The fraction of sp³-hybridized carbons (Fsp3) is 0.462. The molecule has 0 saturated heterocycles. The van der Waals surface area contributed by atoms with Gasteiger partial charge in [0.1, 0.15) is 5.75 Å². The largest absolute Gasteiger partial charge is 0.497 e. The summed E-state index contributed by atoms with van der Waals surface area (Å²) in [7, 11) is 1.62. The van der Waals surface area contributed by atoms with E-state index in [0.29, 0.717) is 24.3 Å². The highest BCUT2D eigenvalue weighted by atomic mass is 16.5. The third-order valence-electron chi connectivity index (χ3n) is 6.50. The summed E-state index contributed by atoms with van der Waals surface area (Å²) in [5, 5.41) is 0.204. The molecule has 0 atom stereocenters. The Labute approximate surface area is 197 Å². The number of rotatable bonds is 8. The van der Waals surface area contributed by atoms with Crippen LogP contribution in [-0.4, -0.2) is 38.5 Å². The molecular weight excluding hydrogens is 432 g/mol. The molecule has 1 amide bonds. The lowest BCUT2D eigenvalue weighted by Gasteiger charge is -2.24. The van der Waals surface area contributed by atoms with E-state index in [2.05, 4.69) is 4.98 Å². The SMILES string of the molecule is COc1ccc(CN(C(=O)c2cc(C3CC3)nc3c2c(=O)[nH]c(=O)n3CC(C)C)C2CC2)cc1. The number of benzene rings is 1. The fourth-order valence-corrected chi connectivity index (χ4v) is 4.42. The number of hydrogen-bond acceptors (Lipinski definition) is 5. The summed E-state index contributed by atoms with van der Waals surface area (Å²) in [4.78, 5) is 48.7. The zero-order valence-electron chi connectivity index (χ0n) is 19.8. The molecule has 0 spiro atoms. The highest BCUT2D eigenvalue weighted by Gasteiger charge is 2.36. The number of methoxy groups -OCH3 is 1. The fourth-order valence-electron chi connectivity index (χ4n) is 4.42. The van der Waals surface area contributed by atoms with Gasteiger partial charge in [-0.1, -0.05) is 26.0 Å². The lowest BCUT2D eigenvalue weighted by Crippen LogP contribution is -2.36. The molecule has 0 unspecified atom stereocenters. The minimum Gasteiger partial charge on any atom is -0.497 e. The first-order valence-corrected chi connectivity index (χ1v) is 12.0. The van der Waals surface area contributed by atoms with E-state index < -0.39 is 11.2 Å². The highest BCUT2D eigenvalue weighted by Crippen LogP contribution is 2.40. The maximum Gasteiger partial charge on any atom is 0.330 e. The number of aromatic amines is 1. The highest BCUT2D eigenvalue weighted by molar-refractivity contribution is 6.05. The van der Waals surface area contributed by atoms with E-state index in [0.717, 1.165) is 42.7 Å². The molecule has 1 aromatic carbocycles. The summed E-state index contributed by atoms with van der Waals surface area (Å²) >= 11 is 0. The molecule has 2 aromatic heterocycles. The van der Waals surface area contributed by atoms with E-state index in [1.807, 2.05) is 43.0 Å². The predicted octanol–water partition coefficient (Wildman–Crippen LogP) is 3.43. The van der Waals surface area contributed by atoms with Crippen LogP contribution in [0.2, 0.25) is 0 Å². The molecule has 0 radical (unpaired) electrons. The molecule has 34 heavy (non-hydrogen) atoms. The minimum absolute atomic E-state index is 0.142. The lowest BCUT2D eigenvalue weighted by atomic mass is 10.1. The Hall–Kier alpha value is -3.42. The zero-order valence-corrected chi connectivity index (χ0v) is 19.8. The molecule has 3 aromatic rings. The predicted molar refractivity (Wildman–Crippen MR) is 129 cm³/mol. The number of nitrogens with one attached hydrogen (secondary N) is 1. The number of H-pyrrole nitrogens is 1. The second-order valence-electron chi connectivity index (χ2n) is 9.84. The van der Waals surface area contributed by atoms with E-state index in [-0.39, 0.29) is 29.2 Å². The van der Waals surface area contributed by atoms with E-state index in [9.17, 15) is 14.4 Å². The second kappa shape index (κ2) is 8.74. The Bertz CT molecular complexity index is 1350. The van der Waals surface area contributed by atoms with Crippen LogP contribution in [-0.2, 0) is 13.1 Å². The normalized spacial score (nSPS) is 15.6. The smallest absolute Gasteiger partial charge is 0.330 e. The monoisotopic (exact) mass is 462 g/mol. The van der Waals surface area contributed by atoms with Crippen LogP contribution in [0.5, 0.6) is 5.75 Å². The Kier molecular flexibility index (Phi) is 5.75. The van der Waals surface area contributed by atoms with Gasteiger partial charge in [0.05, 0.1) is 18.1 Å². The molecule has 1 N–H and O–H groups in total. The molecule has 2 saturated carbocycles. The van der Waals surface area contributed by atoms with Crippen molar-refractivity contribution in [3.63, 3.8) is 0 Å². The number of ether oxygens (including phenoxy) is 1. The van der Waals surface area contributed by atoms with E-state index in [1.54, 1.807) is 13.2 Å². The van der Waals surface area contributed by atoms with Gasteiger partial charge in [-0.05, 0) is 55.4 Å². The van der Waals surface area contributed by atoms with Crippen molar-refractivity contribution in [1.82, 2.24) is 19.4 Å². The van der Waals surface area contributed by atoms with E-state index in [4.69, 9.17) is 9.72 Å². The molecule has 8 nitrogen and oxygen atoms in total. The van der Waals surface area contributed by atoms with Crippen molar-refractivity contribution in [3.05, 3.63) is 68.0 Å². The molecule has 0 aliphatic heterocycles. The molecule has 2 aliphatic rings. The Balaban J connectivity index is 1.62. The van der Waals surface area contributed by atoms with Crippen LogP contribution in [0.4, 0.5) is 0 Å². The van der Waals surface area contributed by atoms with Crippen LogP contribution < -0.4 is 16.0 Å². The summed E-state index contributed by atoms with van der Waals surface area (Å²) in [6, 6.07) is 9.60. The first kappa shape index (κ1) is 22.4. The van der Waals surface area contributed by atoms with Gasteiger partial charge in [0.25, 0.3) is 11.5 Å². The molecule has 5 rings (SSSR count). The van der Waals surface area contributed by atoms with Crippen LogP contribution in [0.25, 0.3) is 11.0 Å². The number of carbonyl (C=O) groups excluding carboxylic acids is 1. The van der Waals surface area contributed by atoms with Gasteiger partial charge in [-0.2, -0.15) is 0 Å². The molecule has 2 heterocycles. The Morgan fingerprint density at radius 1 is 1.18 bits per heavy atom. The third-order valence-corrected chi connectivity index (χ3v) is 6.50. The number of carbonyl (C=O) groups is 1. The van der Waals surface area contributed by atoms with Gasteiger partial charge in [-0.3, -0.25) is 19.1 Å². The van der Waals surface area contributed by atoms with Gasteiger partial charge in [0.2, 0.25) is 0 Å². The van der Waals surface area contributed by atoms with Crippen molar-refractivity contribution in [2.45, 2.75) is 64.6 Å². The summed E-state index contributed by atoms with van der Waals surface area (Å²) in [6.07, 6.45) is 3.88. The number of pyridine rings is 1. The van der Waals surface area contributed by atoms with Crippen LogP contribution >= 0.6 is 0 Å². The van der Waals surface area contributed by atoms with Crippen molar-refractivity contribution in [3.8, 4) is 5.75 Å². The van der Waals surface area contributed by atoms with E-state index >= 15 is 0 Å². The van der Waals surface area contributed by atoms with Crippen LogP contribution in [0.1, 0.15) is 67.1 Å². The van der Waals surface area contributed by atoms with Crippen molar-refractivity contribution in [2.24, 2.45) is 5.92 Å².